The van der Waals surface area contributed by atoms with Gasteiger partial charge in [0.25, 0.3) is 0 Å². The molecule has 0 spiro atoms. The van der Waals surface area contributed by atoms with Gasteiger partial charge in [-0.1, -0.05) is 12.1 Å². The van der Waals surface area contributed by atoms with E-state index in [9.17, 15) is 18.4 Å². The summed E-state index contributed by atoms with van der Waals surface area (Å²) >= 11 is 0. The highest BCUT2D eigenvalue weighted by Gasteiger charge is 2.12. The minimum atomic E-state index is -0.896. The molecule has 2 N–H and O–H groups in total. The van der Waals surface area contributed by atoms with Gasteiger partial charge in [0.2, 0.25) is 11.8 Å². The zero-order valence-electron chi connectivity index (χ0n) is 11.8. The predicted octanol–water partition coefficient (Wildman–Crippen LogP) is 3.24. The number of rotatable bonds is 4. The molecular formula is C16H14F2N2O2. The van der Waals surface area contributed by atoms with Gasteiger partial charge in [-0.2, -0.15) is 0 Å². The van der Waals surface area contributed by atoms with E-state index in [4.69, 9.17) is 0 Å². The average molecular weight is 304 g/mol. The first kappa shape index (κ1) is 15.6. The van der Waals surface area contributed by atoms with E-state index in [1.54, 1.807) is 18.2 Å². The van der Waals surface area contributed by atoms with Crippen molar-refractivity contribution in [2.45, 2.75) is 13.3 Å². The third kappa shape index (κ3) is 4.37. The molecule has 0 aromatic heterocycles. The summed E-state index contributed by atoms with van der Waals surface area (Å²) in [5.74, 6) is -2.85. The molecule has 0 atom stereocenters. The smallest absolute Gasteiger partial charge is 0.233 e. The molecule has 6 heteroatoms. The lowest BCUT2D eigenvalue weighted by molar-refractivity contribution is -0.123. The normalized spacial score (nSPS) is 10.1. The molecule has 2 rings (SSSR count). The zero-order chi connectivity index (χ0) is 16.1. The average Bonchev–Trinajstić information content (AvgIpc) is 2.41. The standard InChI is InChI=1S/C16H14F2N2O2/c1-10-3-2-4-12(7-10)19-15(21)9-16(22)20-14-6-5-11(17)8-13(14)18/h2-8H,9H2,1H3,(H,19,21)(H,20,22). The Balaban J connectivity index is 1.92. The Labute approximate surface area is 126 Å². The molecule has 0 saturated heterocycles. The molecule has 0 aliphatic rings. The van der Waals surface area contributed by atoms with Gasteiger partial charge in [-0.15, -0.1) is 0 Å². The highest BCUT2D eigenvalue weighted by atomic mass is 19.1. The van der Waals surface area contributed by atoms with Crippen molar-refractivity contribution in [1.82, 2.24) is 0 Å². The van der Waals surface area contributed by atoms with Gasteiger partial charge in [-0.05, 0) is 36.8 Å². The SMILES string of the molecule is Cc1cccc(NC(=O)CC(=O)Nc2ccc(F)cc2F)c1. The molecule has 0 bridgehead atoms. The fraction of sp³-hybridized carbons (Fsp3) is 0.125. The summed E-state index contributed by atoms with van der Waals surface area (Å²) < 4.78 is 26.1. The van der Waals surface area contributed by atoms with Crippen LogP contribution in [0.5, 0.6) is 0 Å². The van der Waals surface area contributed by atoms with E-state index >= 15 is 0 Å². The molecule has 0 aliphatic carbocycles. The molecule has 2 aromatic rings. The highest BCUT2D eigenvalue weighted by molar-refractivity contribution is 6.08. The van der Waals surface area contributed by atoms with Crippen molar-refractivity contribution in [3.63, 3.8) is 0 Å². The third-order valence-electron chi connectivity index (χ3n) is 2.83. The van der Waals surface area contributed by atoms with Crippen LogP contribution in [0, 0.1) is 18.6 Å². The first-order chi connectivity index (χ1) is 10.4. The van der Waals surface area contributed by atoms with Crippen LogP contribution in [0.1, 0.15) is 12.0 Å². The maximum absolute atomic E-state index is 13.4. The number of amides is 2. The minimum Gasteiger partial charge on any atom is -0.326 e. The van der Waals surface area contributed by atoms with Crippen molar-refractivity contribution in [2.24, 2.45) is 0 Å². The first-order valence-corrected chi connectivity index (χ1v) is 6.55. The van der Waals surface area contributed by atoms with E-state index in [1.165, 1.54) is 0 Å². The highest BCUT2D eigenvalue weighted by Crippen LogP contribution is 2.15. The van der Waals surface area contributed by atoms with Gasteiger partial charge in [-0.25, -0.2) is 8.78 Å². The molecule has 2 amide bonds. The second kappa shape index (κ2) is 6.80. The van der Waals surface area contributed by atoms with Crippen LogP contribution in [-0.2, 0) is 9.59 Å². The molecule has 2 aromatic carbocycles. The van der Waals surface area contributed by atoms with Crippen molar-refractivity contribution in [3.8, 4) is 0 Å². The topological polar surface area (TPSA) is 58.2 Å². The molecule has 0 fully saturated rings. The Morgan fingerprint density at radius 1 is 1.00 bits per heavy atom. The van der Waals surface area contributed by atoms with Gasteiger partial charge >= 0.3 is 0 Å². The number of halogens is 2. The van der Waals surface area contributed by atoms with Gasteiger partial charge in [0.15, 0.2) is 0 Å². The third-order valence-corrected chi connectivity index (χ3v) is 2.83. The summed E-state index contributed by atoms with van der Waals surface area (Å²) in [5.41, 5.74) is 1.37. The zero-order valence-corrected chi connectivity index (χ0v) is 11.8. The molecule has 0 aliphatic heterocycles. The van der Waals surface area contributed by atoms with Crippen molar-refractivity contribution >= 4 is 23.2 Å². The summed E-state index contributed by atoms with van der Waals surface area (Å²) in [5, 5.41) is 4.79. The van der Waals surface area contributed by atoms with Gasteiger partial charge in [0.05, 0.1) is 5.69 Å². The van der Waals surface area contributed by atoms with Gasteiger partial charge in [-0.3, -0.25) is 9.59 Å². The number of anilines is 2. The van der Waals surface area contributed by atoms with Crippen molar-refractivity contribution in [3.05, 3.63) is 59.7 Å². The number of benzene rings is 2. The lowest BCUT2D eigenvalue weighted by atomic mass is 10.2. The molecule has 0 unspecified atom stereocenters. The van der Waals surface area contributed by atoms with E-state index < -0.39 is 29.9 Å². The molecule has 4 nitrogen and oxygen atoms in total. The van der Waals surface area contributed by atoms with E-state index in [1.807, 2.05) is 13.0 Å². The Morgan fingerprint density at radius 3 is 2.41 bits per heavy atom. The van der Waals surface area contributed by atoms with Crippen LogP contribution in [-0.4, -0.2) is 11.8 Å². The quantitative estimate of drug-likeness (QED) is 0.852. The number of aryl methyl sites for hydroxylation is 1. The van der Waals surface area contributed by atoms with Crippen molar-refractivity contribution < 1.29 is 18.4 Å². The first-order valence-electron chi connectivity index (χ1n) is 6.55. The molecule has 22 heavy (non-hydrogen) atoms. The van der Waals surface area contributed by atoms with Gasteiger partial charge in [0, 0.05) is 11.8 Å². The van der Waals surface area contributed by atoms with E-state index in [0.29, 0.717) is 11.8 Å². The summed E-state index contributed by atoms with van der Waals surface area (Å²) in [7, 11) is 0. The lowest BCUT2D eigenvalue weighted by Crippen LogP contribution is -2.21. The van der Waals surface area contributed by atoms with Crippen molar-refractivity contribution in [1.29, 1.82) is 0 Å². The Hall–Kier alpha value is -2.76. The second-order valence-electron chi connectivity index (χ2n) is 4.77. The maximum atomic E-state index is 13.4. The van der Waals surface area contributed by atoms with Crippen LogP contribution in [0.15, 0.2) is 42.5 Å². The monoisotopic (exact) mass is 304 g/mol. The van der Waals surface area contributed by atoms with E-state index in [-0.39, 0.29) is 5.69 Å². The van der Waals surface area contributed by atoms with Crippen LogP contribution >= 0.6 is 0 Å². The Bertz CT molecular complexity index is 717. The fourth-order valence-electron chi connectivity index (χ4n) is 1.86. The molecular weight excluding hydrogens is 290 g/mol. The summed E-state index contributed by atoms with van der Waals surface area (Å²) in [6.07, 6.45) is -0.468. The van der Waals surface area contributed by atoms with E-state index in [0.717, 1.165) is 17.7 Å². The van der Waals surface area contributed by atoms with Crippen LogP contribution < -0.4 is 10.6 Å². The number of carbonyl (C=O) groups excluding carboxylic acids is 2. The predicted molar refractivity (Wildman–Crippen MR) is 79.4 cm³/mol. The Kier molecular flexibility index (Phi) is 4.83. The van der Waals surface area contributed by atoms with Crippen LogP contribution in [0.3, 0.4) is 0 Å². The van der Waals surface area contributed by atoms with Gasteiger partial charge in [0.1, 0.15) is 18.1 Å². The number of hydrogen-bond donors (Lipinski definition) is 2. The molecule has 0 heterocycles. The maximum Gasteiger partial charge on any atom is 0.233 e. The Morgan fingerprint density at radius 2 is 1.73 bits per heavy atom. The number of nitrogens with one attached hydrogen (secondary N) is 2. The van der Waals surface area contributed by atoms with Gasteiger partial charge < -0.3 is 10.6 Å². The molecule has 0 radical (unpaired) electrons. The summed E-state index contributed by atoms with van der Waals surface area (Å²) in [6, 6.07) is 9.88. The fourth-order valence-corrected chi connectivity index (χ4v) is 1.86. The molecule has 114 valence electrons. The van der Waals surface area contributed by atoms with Crippen LogP contribution in [0.2, 0.25) is 0 Å². The minimum absolute atomic E-state index is 0.172. The van der Waals surface area contributed by atoms with Crippen molar-refractivity contribution in [2.75, 3.05) is 10.6 Å². The van der Waals surface area contributed by atoms with Crippen LogP contribution in [0.4, 0.5) is 20.2 Å². The summed E-state index contributed by atoms with van der Waals surface area (Å²) in [6.45, 7) is 1.87. The molecule has 0 saturated carbocycles. The number of hydrogen-bond acceptors (Lipinski definition) is 2. The second-order valence-corrected chi connectivity index (χ2v) is 4.77. The van der Waals surface area contributed by atoms with Crippen LogP contribution in [0.25, 0.3) is 0 Å². The largest absolute Gasteiger partial charge is 0.326 e. The lowest BCUT2D eigenvalue weighted by Gasteiger charge is -2.08. The summed E-state index contributed by atoms with van der Waals surface area (Å²) in [4.78, 5) is 23.4. The van der Waals surface area contributed by atoms with E-state index in [2.05, 4.69) is 10.6 Å². The number of carbonyl (C=O) groups is 2.